The highest BCUT2D eigenvalue weighted by atomic mass is 35.5. The SMILES string of the molecule is Cl.Oc1ccc2c(c1)CN(CC1CCNCC1)CC2. The average Bonchev–Trinajstić information content (AvgIpc) is 2.39. The fraction of sp³-hybridized carbons (Fsp3) is 0.600. The molecule has 1 aromatic carbocycles. The molecule has 0 bridgehead atoms. The van der Waals surface area contributed by atoms with Crippen molar-refractivity contribution in [2.75, 3.05) is 26.2 Å². The van der Waals surface area contributed by atoms with E-state index in [1.165, 1.54) is 50.1 Å². The van der Waals surface area contributed by atoms with E-state index < -0.39 is 0 Å². The highest BCUT2D eigenvalue weighted by Crippen LogP contribution is 2.24. The first-order valence-corrected chi connectivity index (χ1v) is 7.05. The molecule has 3 nitrogen and oxygen atoms in total. The summed E-state index contributed by atoms with van der Waals surface area (Å²) in [5.74, 6) is 1.25. The minimum absolute atomic E-state index is 0. The number of hydrogen-bond donors (Lipinski definition) is 2. The van der Waals surface area contributed by atoms with Crippen molar-refractivity contribution >= 4 is 12.4 Å². The van der Waals surface area contributed by atoms with E-state index in [0.29, 0.717) is 5.75 Å². The number of hydrogen-bond acceptors (Lipinski definition) is 3. The second kappa shape index (κ2) is 6.60. The van der Waals surface area contributed by atoms with Crippen LogP contribution in [-0.2, 0) is 13.0 Å². The van der Waals surface area contributed by atoms with Crippen LogP contribution in [0, 0.1) is 5.92 Å². The number of piperidine rings is 1. The van der Waals surface area contributed by atoms with E-state index in [4.69, 9.17) is 0 Å². The Morgan fingerprint density at radius 3 is 2.79 bits per heavy atom. The number of phenols is 1. The van der Waals surface area contributed by atoms with Crippen molar-refractivity contribution in [1.29, 1.82) is 0 Å². The van der Waals surface area contributed by atoms with Crippen molar-refractivity contribution in [2.24, 2.45) is 5.92 Å². The number of nitrogens with zero attached hydrogens (tertiary/aromatic N) is 1. The number of rotatable bonds is 2. The molecule has 2 N–H and O–H groups in total. The van der Waals surface area contributed by atoms with Crippen molar-refractivity contribution in [3.05, 3.63) is 29.3 Å². The first-order valence-electron chi connectivity index (χ1n) is 7.05. The van der Waals surface area contributed by atoms with Gasteiger partial charge >= 0.3 is 0 Å². The van der Waals surface area contributed by atoms with Gasteiger partial charge in [-0.15, -0.1) is 12.4 Å². The maximum atomic E-state index is 9.57. The minimum atomic E-state index is 0. The van der Waals surface area contributed by atoms with Crippen LogP contribution >= 0.6 is 12.4 Å². The van der Waals surface area contributed by atoms with Gasteiger partial charge in [0.25, 0.3) is 0 Å². The summed E-state index contributed by atoms with van der Waals surface area (Å²) >= 11 is 0. The number of aromatic hydroxyl groups is 1. The van der Waals surface area contributed by atoms with Crippen LogP contribution in [0.3, 0.4) is 0 Å². The summed E-state index contributed by atoms with van der Waals surface area (Å²) in [7, 11) is 0. The minimum Gasteiger partial charge on any atom is -0.508 e. The lowest BCUT2D eigenvalue weighted by Crippen LogP contribution is -2.38. The predicted molar refractivity (Wildman–Crippen MR) is 79.9 cm³/mol. The molecular formula is C15H23ClN2O. The van der Waals surface area contributed by atoms with Gasteiger partial charge in [-0.05, 0) is 61.5 Å². The van der Waals surface area contributed by atoms with Crippen LogP contribution in [0.15, 0.2) is 18.2 Å². The molecule has 0 amide bonds. The van der Waals surface area contributed by atoms with E-state index in [0.717, 1.165) is 18.9 Å². The Hall–Kier alpha value is -0.770. The fourth-order valence-corrected chi connectivity index (χ4v) is 3.19. The van der Waals surface area contributed by atoms with Crippen LogP contribution < -0.4 is 5.32 Å². The van der Waals surface area contributed by atoms with Gasteiger partial charge in [-0.3, -0.25) is 4.90 Å². The predicted octanol–water partition coefficient (Wildman–Crippen LogP) is 2.17. The fourth-order valence-electron chi connectivity index (χ4n) is 3.19. The average molecular weight is 283 g/mol. The lowest BCUT2D eigenvalue weighted by Gasteiger charge is -2.33. The van der Waals surface area contributed by atoms with Gasteiger partial charge in [0.15, 0.2) is 0 Å². The standard InChI is InChI=1S/C15H22N2O.ClH/c18-15-2-1-13-5-8-17(11-14(13)9-15)10-12-3-6-16-7-4-12;/h1-2,9,12,16,18H,3-8,10-11H2;1H. The molecule has 1 fully saturated rings. The molecular weight excluding hydrogens is 260 g/mol. The van der Waals surface area contributed by atoms with Crippen LogP contribution in [0.2, 0.25) is 0 Å². The molecule has 106 valence electrons. The Labute approximate surface area is 121 Å². The quantitative estimate of drug-likeness (QED) is 0.873. The second-order valence-corrected chi connectivity index (χ2v) is 5.63. The van der Waals surface area contributed by atoms with Gasteiger partial charge in [0.05, 0.1) is 0 Å². The zero-order valence-electron chi connectivity index (χ0n) is 11.3. The summed E-state index contributed by atoms with van der Waals surface area (Å²) in [5.41, 5.74) is 2.73. The smallest absolute Gasteiger partial charge is 0.115 e. The Morgan fingerprint density at radius 2 is 2.00 bits per heavy atom. The summed E-state index contributed by atoms with van der Waals surface area (Å²) in [4.78, 5) is 2.55. The molecule has 1 aromatic rings. The molecule has 3 rings (SSSR count). The molecule has 2 aliphatic heterocycles. The number of fused-ring (bicyclic) bond motifs is 1. The van der Waals surface area contributed by atoms with E-state index >= 15 is 0 Å². The zero-order chi connectivity index (χ0) is 12.4. The Kier molecular flexibility index (Phi) is 5.08. The molecule has 2 aliphatic rings. The van der Waals surface area contributed by atoms with Crippen molar-refractivity contribution in [1.82, 2.24) is 10.2 Å². The van der Waals surface area contributed by atoms with Gasteiger partial charge in [-0.2, -0.15) is 0 Å². The number of benzene rings is 1. The zero-order valence-corrected chi connectivity index (χ0v) is 12.1. The molecule has 0 unspecified atom stereocenters. The van der Waals surface area contributed by atoms with Crippen molar-refractivity contribution in [3.63, 3.8) is 0 Å². The molecule has 2 heterocycles. The molecule has 0 spiro atoms. The summed E-state index contributed by atoms with van der Waals surface area (Å²) in [6.45, 7) is 5.75. The molecule has 0 radical (unpaired) electrons. The van der Waals surface area contributed by atoms with Gasteiger partial charge in [0.2, 0.25) is 0 Å². The maximum Gasteiger partial charge on any atom is 0.115 e. The van der Waals surface area contributed by atoms with Gasteiger partial charge in [-0.25, -0.2) is 0 Å². The van der Waals surface area contributed by atoms with Crippen LogP contribution in [0.1, 0.15) is 24.0 Å². The van der Waals surface area contributed by atoms with Gasteiger partial charge < -0.3 is 10.4 Å². The first-order chi connectivity index (χ1) is 8.81. The lowest BCUT2D eigenvalue weighted by atomic mass is 9.94. The van der Waals surface area contributed by atoms with Crippen LogP contribution in [-0.4, -0.2) is 36.2 Å². The number of nitrogens with one attached hydrogen (secondary N) is 1. The molecule has 0 saturated carbocycles. The highest BCUT2D eigenvalue weighted by Gasteiger charge is 2.21. The monoisotopic (exact) mass is 282 g/mol. The largest absolute Gasteiger partial charge is 0.508 e. The van der Waals surface area contributed by atoms with Gasteiger partial charge in [-0.1, -0.05) is 6.07 Å². The summed E-state index contributed by atoms with van der Waals surface area (Å²) < 4.78 is 0. The Morgan fingerprint density at radius 1 is 1.21 bits per heavy atom. The first kappa shape index (κ1) is 14.6. The molecule has 4 heteroatoms. The van der Waals surface area contributed by atoms with E-state index in [9.17, 15) is 5.11 Å². The van der Waals surface area contributed by atoms with Crippen LogP contribution in [0.25, 0.3) is 0 Å². The third kappa shape index (κ3) is 3.62. The Balaban J connectivity index is 0.00000133. The summed E-state index contributed by atoms with van der Waals surface area (Å²) in [5, 5.41) is 13.0. The lowest BCUT2D eigenvalue weighted by molar-refractivity contribution is 0.191. The Bertz CT molecular complexity index is 419. The van der Waals surface area contributed by atoms with E-state index in [1.807, 2.05) is 6.07 Å². The number of halogens is 1. The van der Waals surface area contributed by atoms with E-state index in [-0.39, 0.29) is 12.4 Å². The topological polar surface area (TPSA) is 35.5 Å². The third-order valence-electron chi connectivity index (χ3n) is 4.26. The van der Waals surface area contributed by atoms with E-state index in [1.54, 1.807) is 6.07 Å². The normalized spacial score (nSPS) is 20.6. The molecule has 19 heavy (non-hydrogen) atoms. The van der Waals surface area contributed by atoms with Crippen LogP contribution in [0.5, 0.6) is 5.75 Å². The van der Waals surface area contributed by atoms with Gasteiger partial charge in [0.1, 0.15) is 5.75 Å². The van der Waals surface area contributed by atoms with Crippen LogP contribution in [0.4, 0.5) is 0 Å². The summed E-state index contributed by atoms with van der Waals surface area (Å²) in [6, 6.07) is 5.82. The third-order valence-corrected chi connectivity index (χ3v) is 4.26. The summed E-state index contributed by atoms with van der Waals surface area (Å²) in [6.07, 6.45) is 3.74. The van der Waals surface area contributed by atoms with Gasteiger partial charge in [0, 0.05) is 19.6 Å². The maximum absolute atomic E-state index is 9.57. The molecule has 0 aromatic heterocycles. The molecule has 1 saturated heterocycles. The van der Waals surface area contributed by atoms with Crippen molar-refractivity contribution in [2.45, 2.75) is 25.8 Å². The van der Waals surface area contributed by atoms with Crippen molar-refractivity contribution in [3.8, 4) is 5.75 Å². The molecule has 0 aliphatic carbocycles. The molecule has 0 atom stereocenters. The highest BCUT2D eigenvalue weighted by molar-refractivity contribution is 5.85. The number of phenolic OH excluding ortho intramolecular Hbond substituents is 1. The van der Waals surface area contributed by atoms with Crippen molar-refractivity contribution < 1.29 is 5.11 Å². The second-order valence-electron chi connectivity index (χ2n) is 5.63. The van der Waals surface area contributed by atoms with E-state index in [2.05, 4.69) is 16.3 Å².